The fraction of sp³-hybridized carbons (Fsp3) is 0.214. The maximum absolute atomic E-state index is 12.0. The molecule has 0 bridgehead atoms. The number of carbonyl (C=O) groups is 1. The van der Waals surface area contributed by atoms with Crippen LogP contribution in [-0.4, -0.2) is 20.4 Å². The largest absolute Gasteiger partial charge is 0.389 e. The number of nitrogens with zero attached hydrogens (tertiary/aromatic N) is 2. The number of benzene rings is 1. The molecule has 3 N–H and O–H groups in total. The number of imidazole rings is 1. The number of nitrogens with two attached hydrogens (primary N) is 1. The molecule has 1 heterocycles. The second kappa shape index (κ2) is 6.29. The van der Waals surface area contributed by atoms with Gasteiger partial charge in [-0.05, 0) is 19.1 Å². The molecule has 0 saturated carbocycles. The van der Waals surface area contributed by atoms with Gasteiger partial charge in [-0.2, -0.15) is 0 Å². The maximum atomic E-state index is 12.0. The summed E-state index contributed by atoms with van der Waals surface area (Å²) >= 11 is 4.96. The molecule has 20 heavy (non-hydrogen) atoms. The van der Waals surface area contributed by atoms with Gasteiger partial charge in [0.2, 0.25) is 5.91 Å². The van der Waals surface area contributed by atoms with E-state index in [-0.39, 0.29) is 10.9 Å². The summed E-state index contributed by atoms with van der Waals surface area (Å²) in [6, 6.07) is 7.24. The Balaban J connectivity index is 1.98. The van der Waals surface area contributed by atoms with Gasteiger partial charge in [-0.1, -0.05) is 24.4 Å². The van der Waals surface area contributed by atoms with Crippen molar-refractivity contribution in [2.75, 3.05) is 5.32 Å². The number of hydrogen-bond acceptors (Lipinski definition) is 3. The number of aryl methyl sites for hydroxylation is 2. The van der Waals surface area contributed by atoms with Crippen LogP contribution in [0.4, 0.5) is 5.69 Å². The summed E-state index contributed by atoms with van der Waals surface area (Å²) in [5, 5.41) is 2.83. The molecule has 0 saturated heterocycles. The number of thiocarbonyl (C=S) groups is 1. The van der Waals surface area contributed by atoms with Crippen LogP contribution in [0.3, 0.4) is 0 Å². The Bertz CT molecular complexity index is 636. The molecule has 1 aromatic heterocycles. The third kappa shape index (κ3) is 3.42. The number of rotatable bonds is 5. The number of carbonyl (C=O) groups excluding carboxylic acids is 1. The predicted molar refractivity (Wildman–Crippen MR) is 82.5 cm³/mol. The van der Waals surface area contributed by atoms with Crippen molar-refractivity contribution in [2.45, 2.75) is 19.9 Å². The van der Waals surface area contributed by atoms with Crippen molar-refractivity contribution in [3.8, 4) is 0 Å². The van der Waals surface area contributed by atoms with Crippen LogP contribution in [0.5, 0.6) is 0 Å². The number of nitrogens with one attached hydrogen (secondary N) is 1. The van der Waals surface area contributed by atoms with E-state index < -0.39 is 0 Å². The summed E-state index contributed by atoms with van der Waals surface area (Å²) in [6.07, 6.45) is 3.93. The first-order valence-electron chi connectivity index (χ1n) is 6.24. The van der Waals surface area contributed by atoms with Gasteiger partial charge in [0.05, 0.1) is 5.69 Å². The summed E-state index contributed by atoms with van der Waals surface area (Å²) in [7, 11) is 0. The van der Waals surface area contributed by atoms with Crippen molar-refractivity contribution in [1.82, 2.24) is 9.55 Å². The Hall–Kier alpha value is -2.21. The highest BCUT2D eigenvalue weighted by Crippen LogP contribution is 2.15. The van der Waals surface area contributed by atoms with E-state index in [1.54, 1.807) is 18.3 Å². The van der Waals surface area contributed by atoms with Crippen molar-refractivity contribution >= 4 is 28.8 Å². The molecule has 0 fully saturated rings. The van der Waals surface area contributed by atoms with Gasteiger partial charge in [-0.15, -0.1) is 0 Å². The molecule has 0 aliphatic carbocycles. The van der Waals surface area contributed by atoms with E-state index in [9.17, 15) is 4.79 Å². The standard InChI is InChI=1S/C14H16N4OS/c1-10-16-7-9-18(10)8-6-13(19)17-12-5-3-2-4-11(12)14(15)20/h2-5,7,9H,6,8H2,1H3,(H2,15,20)(H,17,19). The zero-order valence-corrected chi connectivity index (χ0v) is 12.0. The molecule has 2 aromatic rings. The summed E-state index contributed by atoms with van der Waals surface area (Å²) in [5.74, 6) is 0.808. The molecule has 5 nitrogen and oxygen atoms in total. The molecular weight excluding hydrogens is 272 g/mol. The Morgan fingerprint density at radius 2 is 2.20 bits per heavy atom. The maximum Gasteiger partial charge on any atom is 0.226 e. The van der Waals surface area contributed by atoms with E-state index in [0.717, 1.165) is 5.82 Å². The van der Waals surface area contributed by atoms with Gasteiger partial charge in [-0.3, -0.25) is 4.79 Å². The number of amides is 1. The second-order valence-corrected chi connectivity index (χ2v) is 4.82. The van der Waals surface area contributed by atoms with Gasteiger partial charge in [0.15, 0.2) is 0 Å². The normalized spacial score (nSPS) is 10.2. The third-order valence-electron chi connectivity index (χ3n) is 2.97. The number of para-hydroxylation sites is 1. The fourth-order valence-electron chi connectivity index (χ4n) is 1.88. The second-order valence-electron chi connectivity index (χ2n) is 4.38. The van der Waals surface area contributed by atoms with Crippen LogP contribution in [0.15, 0.2) is 36.7 Å². The van der Waals surface area contributed by atoms with Gasteiger partial charge in [-0.25, -0.2) is 4.98 Å². The molecule has 0 unspecified atom stereocenters. The molecule has 6 heteroatoms. The van der Waals surface area contributed by atoms with E-state index >= 15 is 0 Å². The predicted octanol–water partition coefficient (Wildman–Crippen LogP) is 1.85. The number of anilines is 1. The summed E-state index contributed by atoms with van der Waals surface area (Å²) in [4.78, 5) is 16.3. The lowest BCUT2D eigenvalue weighted by Gasteiger charge is -2.10. The zero-order valence-electron chi connectivity index (χ0n) is 11.2. The Morgan fingerprint density at radius 1 is 1.45 bits per heavy atom. The van der Waals surface area contributed by atoms with Gasteiger partial charge in [0, 0.05) is 30.9 Å². The van der Waals surface area contributed by atoms with Gasteiger partial charge < -0.3 is 15.6 Å². The monoisotopic (exact) mass is 288 g/mol. The van der Waals surface area contributed by atoms with Gasteiger partial charge in [0.1, 0.15) is 10.8 Å². The lowest BCUT2D eigenvalue weighted by atomic mass is 10.1. The highest BCUT2D eigenvalue weighted by atomic mass is 32.1. The van der Waals surface area contributed by atoms with E-state index in [0.29, 0.717) is 24.2 Å². The van der Waals surface area contributed by atoms with E-state index in [1.807, 2.05) is 29.8 Å². The summed E-state index contributed by atoms with van der Waals surface area (Å²) in [6.45, 7) is 2.49. The first-order chi connectivity index (χ1) is 9.58. The first-order valence-corrected chi connectivity index (χ1v) is 6.65. The lowest BCUT2D eigenvalue weighted by Crippen LogP contribution is -2.18. The van der Waals surface area contributed by atoms with Crippen LogP contribution >= 0.6 is 12.2 Å². The highest BCUT2D eigenvalue weighted by molar-refractivity contribution is 7.80. The molecule has 1 amide bonds. The molecule has 0 aliphatic heterocycles. The Kier molecular flexibility index (Phi) is 4.47. The lowest BCUT2D eigenvalue weighted by molar-refractivity contribution is -0.116. The highest BCUT2D eigenvalue weighted by Gasteiger charge is 2.08. The van der Waals surface area contributed by atoms with Crippen molar-refractivity contribution < 1.29 is 4.79 Å². The van der Waals surface area contributed by atoms with Crippen LogP contribution in [0, 0.1) is 6.92 Å². The molecule has 0 spiro atoms. The van der Waals surface area contributed by atoms with Gasteiger partial charge >= 0.3 is 0 Å². The first kappa shape index (κ1) is 14.2. The van der Waals surface area contributed by atoms with E-state index in [4.69, 9.17) is 18.0 Å². The molecular formula is C14H16N4OS. The zero-order chi connectivity index (χ0) is 14.5. The molecule has 1 aromatic carbocycles. The fourth-order valence-corrected chi connectivity index (χ4v) is 2.06. The topological polar surface area (TPSA) is 72.9 Å². The minimum absolute atomic E-state index is 0.0817. The third-order valence-corrected chi connectivity index (χ3v) is 3.19. The minimum atomic E-state index is -0.0817. The summed E-state index contributed by atoms with van der Waals surface area (Å²) in [5.41, 5.74) is 6.95. The van der Waals surface area contributed by atoms with E-state index in [2.05, 4.69) is 10.3 Å². The molecule has 0 radical (unpaired) electrons. The van der Waals surface area contributed by atoms with Crippen molar-refractivity contribution in [3.63, 3.8) is 0 Å². The SMILES string of the molecule is Cc1nccn1CCC(=O)Nc1ccccc1C(N)=S. The minimum Gasteiger partial charge on any atom is -0.389 e. The van der Waals surface area contributed by atoms with Crippen LogP contribution in [0.25, 0.3) is 0 Å². The van der Waals surface area contributed by atoms with Crippen LogP contribution in [0.1, 0.15) is 17.8 Å². The molecule has 0 atom stereocenters. The van der Waals surface area contributed by atoms with Crippen LogP contribution in [0.2, 0.25) is 0 Å². The Morgan fingerprint density at radius 3 is 2.85 bits per heavy atom. The van der Waals surface area contributed by atoms with Crippen LogP contribution < -0.4 is 11.1 Å². The molecule has 104 valence electrons. The summed E-state index contributed by atoms with van der Waals surface area (Å²) < 4.78 is 1.93. The van der Waals surface area contributed by atoms with Crippen molar-refractivity contribution in [1.29, 1.82) is 0 Å². The van der Waals surface area contributed by atoms with Crippen molar-refractivity contribution in [2.24, 2.45) is 5.73 Å². The average Bonchev–Trinajstić information content (AvgIpc) is 2.82. The van der Waals surface area contributed by atoms with E-state index in [1.165, 1.54) is 0 Å². The van der Waals surface area contributed by atoms with Gasteiger partial charge in [0.25, 0.3) is 0 Å². The van der Waals surface area contributed by atoms with Crippen molar-refractivity contribution in [3.05, 3.63) is 48.0 Å². The average molecular weight is 288 g/mol. The quantitative estimate of drug-likeness (QED) is 0.824. The Labute approximate surface area is 122 Å². The number of aromatic nitrogens is 2. The molecule has 2 rings (SSSR count). The van der Waals surface area contributed by atoms with Crippen LogP contribution in [-0.2, 0) is 11.3 Å². The number of hydrogen-bond donors (Lipinski definition) is 2. The smallest absolute Gasteiger partial charge is 0.226 e. The molecule has 0 aliphatic rings.